The summed E-state index contributed by atoms with van der Waals surface area (Å²) in [5.41, 5.74) is 1.30. The average Bonchev–Trinajstić information content (AvgIpc) is 3.01. The summed E-state index contributed by atoms with van der Waals surface area (Å²) in [6.45, 7) is 0. The second-order valence-corrected chi connectivity index (χ2v) is 4.95. The van der Waals surface area contributed by atoms with Crippen LogP contribution < -0.4 is 5.32 Å². The summed E-state index contributed by atoms with van der Waals surface area (Å²) in [5, 5.41) is 9.48. The third-order valence-corrected chi connectivity index (χ3v) is 3.34. The molecule has 2 N–H and O–H groups in total. The summed E-state index contributed by atoms with van der Waals surface area (Å²) in [4.78, 5) is 11.9. The highest BCUT2D eigenvalue weighted by atomic mass is 35.5. The summed E-state index contributed by atoms with van der Waals surface area (Å²) >= 11 is 6.00. The fourth-order valence-corrected chi connectivity index (χ4v) is 2.09. The minimum Gasteiger partial charge on any atom is -0.349 e. The minimum atomic E-state index is -0.615. The van der Waals surface area contributed by atoms with Gasteiger partial charge in [0.15, 0.2) is 0 Å². The van der Waals surface area contributed by atoms with Gasteiger partial charge in [0.1, 0.15) is 5.82 Å². The van der Waals surface area contributed by atoms with E-state index in [4.69, 9.17) is 11.6 Å². The molecule has 3 rings (SSSR count). The highest BCUT2D eigenvalue weighted by molar-refractivity contribution is 6.33. The quantitative estimate of drug-likeness (QED) is 0.908. The van der Waals surface area contributed by atoms with Gasteiger partial charge in [-0.25, -0.2) is 4.39 Å². The van der Waals surface area contributed by atoms with Crippen LogP contribution in [0, 0.1) is 5.82 Å². The Morgan fingerprint density at radius 1 is 1.47 bits per heavy atom. The number of amides is 1. The number of rotatable bonds is 3. The first-order chi connectivity index (χ1) is 9.15. The second kappa shape index (κ2) is 4.66. The molecule has 98 valence electrons. The third-order valence-electron chi connectivity index (χ3n) is 3.02. The van der Waals surface area contributed by atoms with Crippen LogP contribution in [0.15, 0.2) is 24.5 Å². The Hall–Kier alpha value is -1.88. The molecule has 0 saturated heterocycles. The number of halogens is 2. The molecule has 0 spiro atoms. The molecule has 0 radical (unpaired) electrons. The van der Waals surface area contributed by atoms with Crippen LogP contribution in [0.5, 0.6) is 0 Å². The van der Waals surface area contributed by atoms with Gasteiger partial charge in [-0.1, -0.05) is 11.6 Å². The Morgan fingerprint density at radius 3 is 2.89 bits per heavy atom. The van der Waals surface area contributed by atoms with Crippen molar-refractivity contribution < 1.29 is 9.18 Å². The molecule has 0 unspecified atom stereocenters. The van der Waals surface area contributed by atoms with E-state index in [2.05, 4.69) is 15.5 Å². The van der Waals surface area contributed by atoms with Crippen LogP contribution >= 0.6 is 11.6 Å². The zero-order chi connectivity index (χ0) is 13.4. The van der Waals surface area contributed by atoms with Crippen molar-refractivity contribution in [1.82, 2.24) is 15.5 Å². The van der Waals surface area contributed by atoms with Crippen LogP contribution in [-0.4, -0.2) is 22.1 Å². The molecule has 1 aliphatic rings. The predicted octanol–water partition coefficient (Wildman–Crippen LogP) is 2.76. The van der Waals surface area contributed by atoms with Crippen LogP contribution in [0.25, 0.3) is 11.1 Å². The third kappa shape index (κ3) is 2.46. The molecular formula is C13H11ClFN3O. The number of H-pyrrole nitrogens is 1. The first-order valence-corrected chi connectivity index (χ1v) is 6.32. The van der Waals surface area contributed by atoms with Gasteiger partial charge in [-0.3, -0.25) is 9.89 Å². The van der Waals surface area contributed by atoms with Gasteiger partial charge in [-0.05, 0) is 25.0 Å². The van der Waals surface area contributed by atoms with Crippen LogP contribution in [0.1, 0.15) is 23.2 Å². The Morgan fingerprint density at radius 2 is 2.26 bits per heavy atom. The molecule has 0 aliphatic heterocycles. The lowest BCUT2D eigenvalue weighted by Gasteiger charge is -2.08. The van der Waals surface area contributed by atoms with Gasteiger partial charge in [-0.15, -0.1) is 0 Å². The summed E-state index contributed by atoms with van der Waals surface area (Å²) in [7, 11) is 0. The number of hydrogen-bond acceptors (Lipinski definition) is 2. The number of hydrogen-bond donors (Lipinski definition) is 2. The molecule has 1 amide bonds. The maximum Gasteiger partial charge on any atom is 0.254 e. The summed E-state index contributed by atoms with van der Waals surface area (Å²) in [6.07, 6.45) is 5.12. The van der Waals surface area contributed by atoms with Crippen molar-refractivity contribution in [3.63, 3.8) is 0 Å². The van der Waals surface area contributed by atoms with E-state index in [1.165, 1.54) is 6.07 Å². The first-order valence-electron chi connectivity index (χ1n) is 5.94. The zero-order valence-electron chi connectivity index (χ0n) is 9.91. The van der Waals surface area contributed by atoms with Gasteiger partial charge in [0.2, 0.25) is 0 Å². The van der Waals surface area contributed by atoms with E-state index in [9.17, 15) is 9.18 Å². The van der Waals surface area contributed by atoms with Gasteiger partial charge < -0.3 is 5.32 Å². The number of nitrogens with one attached hydrogen (secondary N) is 2. The lowest BCUT2D eigenvalue weighted by atomic mass is 10.0. The van der Waals surface area contributed by atoms with Crippen molar-refractivity contribution >= 4 is 17.5 Å². The number of carbonyl (C=O) groups is 1. The number of aromatic nitrogens is 2. The Balaban J connectivity index is 1.99. The smallest absolute Gasteiger partial charge is 0.254 e. The SMILES string of the molecule is O=C(NC1CC1)c1cc(-c2cn[nH]c2)c(Cl)cc1F. The summed E-state index contributed by atoms with van der Waals surface area (Å²) in [6, 6.07) is 2.80. The molecular weight excluding hydrogens is 269 g/mol. The van der Waals surface area contributed by atoms with Crippen molar-refractivity contribution in [2.24, 2.45) is 0 Å². The topological polar surface area (TPSA) is 57.8 Å². The molecule has 4 nitrogen and oxygen atoms in total. The van der Waals surface area contributed by atoms with Gasteiger partial charge in [0.25, 0.3) is 5.91 Å². The van der Waals surface area contributed by atoms with Crippen LogP contribution in [-0.2, 0) is 0 Å². The predicted molar refractivity (Wildman–Crippen MR) is 69.5 cm³/mol. The first kappa shape index (κ1) is 12.2. The molecule has 1 aromatic carbocycles. The number of carbonyl (C=O) groups excluding carboxylic acids is 1. The largest absolute Gasteiger partial charge is 0.349 e. The Labute approximate surface area is 114 Å². The normalized spacial score (nSPS) is 14.4. The average molecular weight is 280 g/mol. The van der Waals surface area contributed by atoms with E-state index in [0.717, 1.165) is 18.9 Å². The summed E-state index contributed by atoms with van der Waals surface area (Å²) in [5.74, 6) is -1.02. The molecule has 0 atom stereocenters. The highest BCUT2D eigenvalue weighted by Gasteiger charge is 2.25. The molecule has 1 heterocycles. The number of benzene rings is 1. The Bertz CT molecular complexity index is 623. The maximum absolute atomic E-state index is 13.8. The van der Waals surface area contributed by atoms with Crippen LogP contribution in [0.4, 0.5) is 4.39 Å². The molecule has 19 heavy (non-hydrogen) atoms. The maximum atomic E-state index is 13.8. The molecule has 1 aromatic heterocycles. The fourth-order valence-electron chi connectivity index (χ4n) is 1.83. The van der Waals surface area contributed by atoms with E-state index in [1.54, 1.807) is 12.4 Å². The number of nitrogens with zero attached hydrogens (tertiary/aromatic N) is 1. The van der Waals surface area contributed by atoms with E-state index < -0.39 is 11.7 Å². The van der Waals surface area contributed by atoms with Crippen LogP contribution in [0.2, 0.25) is 5.02 Å². The van der Waals surface area contributed by atoms with Crippen molar-refractivity contribution in [2.45, 2.75) is 18.9 Å². The Kier molecular flexibility index (Phi) is 2.98. The second-order valence-electron chi connectivity index (χ2n) is 4.55. The lowest BCUT2D eigenvalue weighted by Crippen LogP contribution is -2.26. The number of aromatic amines is 1. The van der Waals surface area contributed by atoms with Gasteiger partial charge in [0.05, 0.1) is 16.8 Å². The molecule has 0 bridgehead atoms. The molecule has 1 saturated carbocycles. The van der Waals surface area contributed by atoms with Crippen LogP contribution in [0.3, 0.4) is 0 Å². The van der Waals surface area contributed by atoms with E-state index in [1.807, 2.05) is 0 Å². The van der Waals surface area contributed by atoms with Gasteiger partial charge >= 0.3 is 0 Å². The van der Waals surface area contributed by atoms with E-state index in [0.29, 0.717) is 11.1 Å². The monoisotopic (exact) mass is 279 g/mol. The zero-order valence-corrected chi connectivity index (χ0v) is 10.7. The van der Waals surface area contributed by atoms with Crippen molar-refractivity contribution in [3.05, 3.63) is 40.9 Å². The van der Waals surface area contributed by atoms with Gasteiger partial charge in [0, 0.05) is 23.4 Å². The molecule has 6 heteroatoms. The summed E-state index contributed by atoms with van der Waals surface area (Å²) < 4.78 is 13.8. The molecule has 1 aliphatic carbocycles. The van der Waals surface area contributed by atoms with E-state index >= 15 is 0 Å². The van der Waals surface area contributed by atoms with Gasteiger partial charge in [-0.2, -0.15) is 5.10 Å². The van der Waals surface area contributed by atoms with Crippen molar-refractivity contribution in [2.75, 3.05) is 0 Å². The fraction of sp³-hybridized carbons (Fsp3) is 0.231. The standard InChI is InChI=1S/C13H11ClFN3O/c14-11-4-12(15)10(13(19)18-8-1-2-8)3-9(11)7-5-16-17-6-7/h3-6,8H,1-2H2,(H,16,17)(H,18,19). The molecule has 1 fully saturated rings. The van der Waals surface area contributed by atoms with Crippen molar-refractivity contribution in [3.8, 4) is 11.1 Å². The minimum absolute atomic E-state index is 0.00694. The highest BCUT2D eigenvalue weighted by Crippen LogP contribution is 2.30. The molecule has 2 aromatic rings. The van der Waals surface area contributed by atoms with E-state index in [-0.39, 0.29) is 16.6 Å². The lowest BCUT2D eigenvalue weighted by molar-refractivity contribution is 0.0947. The van der Waals surface area contributed by atoms with Crippen molar-refractivity contribution in [1.29, 1.82) is 0 Å².